The first-order chi connectivity index (χ1) is 16.5. The third-order valence-electron chi connectivity index (χ3n) is 6.42. The Balaban J connectivity index is 1.68. The van der Waals surface area contributed by atoms with Crippen LogP contribution in [0.2, 0.25) is 0 Å². The second-order valence-electron chi connectivity index (χ2n) is 9.47. The van der Waals surface area contributed by atoms with Crippen molar-refractivity contribution in [2.75, 3.05) is 17.2 Å². The molecule has 1 fully saturated rings. The van der Waals surface area contributed by atoms with Gasteiger partial charge in [0.2, 0.25) is 0 Å². The van der Waals surface area contributed by atoms with E-state index < -0.39 is 0 Å². The third-order valence-corrected chi connectivity index (χ3v) is 6.42. The maximum atomic E-state index is 8.96. The number of nitrogens with one attached hydrogen (secondary N) is 4. The van der Waals surface area contributed by atoms with Crippen molar-refractivity contribution in [1.82, 2.24) is 25.5 Å². The monoisotopic (exact) mass is 458 g/mol. The Labute approximate surface area is 201 Å². The first kappa shape index (κ1) is 23.7. The van der Waals surface area contributed by atoms with E-state index in [1.54, 1.807) is 0 Å². The number of aromatic amines is 1. The second kappa shape index (κ2) is 10.7. The predicted molar refractivity (Wildman–Crippen MR) is 137 cm³/mol. The number of pyridine rings is 2. The molecule has 34 heavy (non-hydrogen) atoms. The third kappa shape index (κ3) is 5.72. The van der Waals surface area contributed by atoms with Crippen molar-refractivity contribution >= 4 is 28.4 Å². The standard InChI is InChI=1S/C26H34N8/c1-4-5-9-26(16-18(2)13-20(17-26)28-12-7-10-27)32-25-21-8-6-11-29-22(21)15-23(31-25)30-24-14-19(3)33-34-24/h4-6,8,11,14-15,18,20,28H,7,9,12-13,16-17H2,1-3H3,(H3,30,31,32,33,34)/b5-4-. The highest BCUT2D eigenvalue weighted by Gasteiger charge is 2.39. The van der Waals surface area contributed by atoms with Gasteiger partial charge in [-0.3, -0.25) is 10.1 Å². The van der Waals surface area contributed by atoms with Crippen LogP contribution < -0.4 is 16.0 Å². The van der Waals surface area contributed by atoms with E-state index in [9.17, 15) is 0 Å². The van der Waals surface area contributed by atoms with E-state index in [0.29, 0.717) is 24.2 Å². The molecule has 0 saturated heterocycles. The average molecular weight is 459 g/mol. The highest BCUT2D eigenvalue weighted by Crippen LogP contribution is 2.39. The largest absolute Gasteiger partial charge is 0.364 e. The van der Waals surface area contributed by atoms with Crippen molar-refractivity contribution < 1.29 is 0 Å². The second-order valence-corrected chi connectivity index (χ2v) is 9.47. The molecule has 3 aromatic heterocycles. The van der Waals surface area contributed by atoms with E-state index in [4.69, 9.17) is 10.2 Å². The highest BCUT2D eigenvalue weighted by molar-refractivity contribution is 5.91. The van der Waals surface area contributed by atoms with Crippen LogP contribution in [0, 0.1) is 24.2 Å². The summed E-state index contributed by atoms with van der Waals surface area (Å²) in [6, 6.07) is 10.5. The number of nitrogens with zero attached hydrogens (tertiary/aromatic N) is 4. The van der Waals surface area contributed by atoms with Gasteiger partial charge in [0.25, 0.3) is 0 Å². The summed E-state index contributed by atoms with van der Waals surface area (Å²) in [4.78, 5) is 9.58. The first-order valence-corrected chi connectivity index (χ1v) is 12.0. The van der Waals surface area contributed by atoms with Crippen molar-refractivity contribution in [2.45, 2.75) is 64.5 Å². The summed E-state index contributed by atoms with van der Waals surface area (Å²) in [7, 11) is 0. The molecule has 8 nitrogen and oxygen atoms in total. The fourth-order valence-electron chi connectivity index (χ4n) is 5.12. The van der Waals surface area contributed by atoms with E-state index in [0.717, 1.165) is 60.5 Å². The fourth-order valence-corrected chi connectivity index (χ4v) is 5.12. The highest BCUT2D eigenvalue weighted by atomic mass is 15.2. The molecule has 1 aliphatic rings. The van der Waals surface area contributed by atoms with Gasteiger partial charge in [-0.15, -0.1) is 0 Å². The molecule has 8 heteroatoms. The van der Waals surface area contributed by atoms with Gasteiger partial charge in [0.05, 0.1) is 11.6 Å². The molecule has 1 saturated carbocycles. The number of allylic oxidation sites excluding steroid dienone is 1. The Hall–Kier alpha value is -3.44. The minimum absolute atomic E-state index is 0.147. The average Bonchev–Trinajstić information content (AvgIpc) is 3.22. The summed E-state index contributed by atoms with van der Waals surface area (Å²) < 4.78 is 0. The lowest BCUT2D eigenvalue weighted by Crippen LogP contribution is -2.51. The summed E-state index contributed by atoms with van der Waals surface area (Å²) in [6.07, 6.45) is 10.7. The summed E-state index contributed by atoms with van der Waals surface area (Å²) in [6.45, 7) is 7.07. The lowest BCUT2D eigenvalue weighted by Gasteiger charge is -2.45. The van der Waals surface area contributed by atoms with E-state index in [1.165, 1.54) is 0 Å². The molecule has 3 heterocycles. The van der Waals surface area contributed by atoms with Crippen LogP contribution >= 0.6 is 0 Å². The Morgan fingerprint density at radius 3 is 2.94 bits per heavy atom. The minimum atomic E-state index is -0.147. The van der Waals surface area contributed by atoms with Crippen LogP contribution in [0.3, 0.4) is 0 Å². The fraction of sp³-hybridized carbons (Fsp3) is 0.462. The van der Waals surface area contributed by atoms with Crippen molar-refractivity contribution in [2.24, 2.45) is 5.92 Å². The Morgan fingerprint density at radius 1 is 1.29 bits per heavy atom. The van der Waals surface area contributed by atoms with Gasteiger partial charge in [-0.25, -0.2) is 4.98 Å². The molecule has 0 aromatic carbocycles. The summed E-state index contributed by atoms with van der Waals surface area (Å²) in [5.74, 6) is 2.80. The number of hydrogen-bond donors (Lipinski definition) is 4. The van der Waals surface area contributed by atoms with Gasteiger partial charge >= 0.3 is 0 Å². The van der Waals surface area contributed by atoms with Gasteiger partial charge in [0.15, 0.2) is 5.82 Å². The molecule has 4 N–H and O–H groups in total. The molecular formula is C26H34N8. The SMILES string of the molecule is C/C=C\CC1(Nc2nc(Nc3cc(C)[nH]n3)cc3ncccc23)CC(C)CC(NCCC#N)C1. The van der Waals surface area contributed by atoms with E-state index in [-0.39, 0.29) is 5.54 Å². The number of aryl methyl sites for hydroxylation is 1. The molecule has 0 radical (unpaired) electrons. The van der Waals surface area contributed by atoms with Crippen LogP contribution in [0.25, 0.3) is 10.9 Å². The molecule has 0 spiro atoms. The molecule has 0 bridgehead atoms. The van der Waals surface area contributed by atoms with Crippen LogP contribution in [0.1, 0.15) is 51.6 Å². The van der Waals surface area contributed by atoms with Crippen LogP contribution in [0.5, 0.6) is 0 Å². The summed E-state index contributed by atoms with van der Waals surface area (Å²) in [5.41, 5.74) is 1.71. The van der Waals surface area contributed by atoms with Gasteiger partial charge in [0.1, 0.15) is 11.6 Å². The van der Waals surface area contributed by atoms with Crippen molar-refractivity contribution in [1.29, 1.82) is 5.26 Å². The lowest BCUT2D eigenvalue weighted by molar-refractivity contribution is 0.209. The molecule has 0 aliphatic heterocycles. The van der Waals surface area contributed by atoms with Crippen molar-refractivity contribution in [3.05, 3.63) is 48.3 Å². The molecule has 3 atom stereocenters. The zero-order valence-electron chi connectivity index (χ0n) is 20.2. The molecule has 0 amide bonds. The van der Waals surface area contributed by atoms with Crippen LogP contribution in [0.15, 0.2) is 42.6 Å². The zero-order valence-corrected chi connectivity index (χ0v) is 20.2. The Kier molecular flexibility index (Phi) is 7.43. The molecular weight excluding hydrogens is 424 g/mol. The van der Waals surface area contributed by atoms with Gasteiger partial charge in [-0.1, -0.05) is 19.1 Å². The molecule has 3 unspecified atom stereocenters. The molecule has 4 rings (SSSR count). The maximum Gasteiger partial charge on any atom is 0.153 e. The van der Waals surface area contributed by atoms with Gasteiger partial charge in [0, 0.05) is 54.0 Å². The van der Waals surface area contributed by atoms with E-state index in [2.05, 4.69) is 69.3 Å². The first-order valence-electron chi connectivity index (χ1n) is 12.0. The maximum absolute atomic E-state index is 8.96. The number of aromatic nitrogens is 4. The van der Waals surface area contributed by atoms with Crippen molar-refractivity contribution in [3.63, 3.8) is 0 Å². The molecule has 178 valence electrons. The number of nitriles is 1. The Bertz CT molecular complexity index is 1180. The summed E-state index contributed by atoms with van der Waals surface area (Å²) in [5, 5.41) is 28.0. The number of hydrogen-bond acceptors (Lipinski definition) is 7. The van der Waals surface area contributed by atoms with Gasteiger partial charge < -0.3 is 16.0 Å². The molecule has 1 aliphatic carbocycles. The topological polar surface area (TPSA) is 114 Å². The minimum Gasteiger partial charge on any atom is -0.364 e. The predicted octanol–water partition coefficient (Wildman–Crippen LogP) is 5.21. The van der Waals surface area contributed by atoms with Crippen LogP contribution in [-0.2, 0) is 0 Å². The number of anilines is 3. The molecule has 3 aromatic rings. The number of H-pyrrole nitrogens is 1. The van der Waals surface area contributed by atoms with E-state index >= 15 is 0 Å². The zero-order chi connectivity index (χ0) is 24.0. The lowest BCUT2D eigenvalue weighted by atomic mass is 9.72. The summed E-state index contributed by atoms with van der Waals surface area (Å²) >= 11 is 0. The van der Waals surface area contributed by atoms with Crippen LogP contribution in [0.4, 0.5) is 17.5 Å². The van der Waals surface area contributed by atoms with Crippen molar-refractivity contribution in [3.8, 4) is 6.07 Å². The normalized spacial score (nSPS) is 22.6. The smallest absolute Gasteiger partial charge is 0.153 e. The van der Waals surface area contributed by atoms with Gasteiger partial charge in [-0.2, -0.15) is 10.4 Å². The van der Waals surface area contributed by atoms with Gasteiger partial charge in [-0.05, 0) is 57.6 Å². The Morgan fingerprint density at radius 2 is 2.18 bits per heavy atom. The number of fused-ring (bicyclic) bond motifs is 1. The number of rotatable bonds is 9. The van der Waals surface area contributed by atoms with Crippen LogP contribution in [-0.4, -0.2) is 38.3 Å². The quantitative estimate of drug-likeness (QED) is 0.257. The van der Waals surface area contributed by atoms with E-state index in [1.807, 2.05) is 31.3 Å².